The van der Waals surface area contributed by atoms with E-state index in [1.54, 1.807) is 0 Å². The largest absolute Gasteiger partial charge is 0.494 e. The topological polar surface area (TPSA) is 44.5 Å². The van der Waals surface area contributed by atoms with Crippen LogP contribution in [0.4, 0.5) is 0 Å². The van der Waals surface area contributed by atoms with Crippen LogP contribution in [0.3, 0.4) is 0 Å². The first kappa shape index (κ1) is 13.4. The molecule has 100 valence electrons. The maximum absolute atomic E-state index is 5.73. The van der Waals surface area contributed by atoms with E-state index in [4.69, 9.17) is 15.2 Å². The van der Waals surface area contributed by atoms with Gasteiger partial charge < -0.3 is 15.2 Å². The predicted octanol–water partition coefficient (Wildman–Crippen LogP) is 3.12. The van der Waals surface area contributed by atoms with E-state index in [1.807, 2.05) is 49.4 Å². The van der Waals surface area contributed by atoms with Gasteiger partial charge in [0.15, 0.2) is 0 Å². The minimum absolute atomic E-state index is 0.543. The Labute approximate surface area is 114 Å². The average Bonchev–Trinajstić information content (AvgIpc) is 2.47. The molecule has 3 nitrogen and oxygen atoms in total. The molecule has 0 aromatic heterocycles. The molecule has 19 heavy (non-hydrogen) atoms. The molecule has 0 atom stereocenters. The molecule has 2 rings (SSSR count). The molecule has 2 aromatic carbocycles. The lowest BCUT2D eigenvalue weighted by Gasteiger charge is -2.08. The normalized spacial score (nSPS) is 10.2. The van der Waals surface area contributed by atoms with Crippen LogP contribution >= 0.6 is 0 Å². The van der Waals surface area contributed by atoms with Gasteiger partial charge in [0.25, 0.3) is 0 Å². The van der Waals surface area contributed by atoms with Gasteiger partial charge in [-0.05, 0) is 42.3 Å². The molecule has 0 radical (unpaired) electrons. The summed E-state index contributed by atoms with van der Waals surface area (Å²) in [5.74, 6) is 1.70. The summed E-state index contributed by atoms with van der Waals surface area (Å²) in [4.78, 5) is 0. The molecule has 2 N–H and O–H groups in total. The van der Waals surface area contributed by atoms with Crippen molar-refractivity contribution >= 4 is 0 Å². The average molecular weight is 257 g/mol. The van der Waals surface area contributed by atoms with Gasteiger partial charge in [0, 0.05) is 6.54 Å². The van der Waals surface area contributed by atoms with Crippen LogP contribution in [0, 0.1) is 0 Å². The number of rotatable bonds is 6. The van der Waals surface area contributed by atoms with Crippen LogP contribution < -0.4 is 15.2 Å². The maximum atomic E-state index is 5.73. The van der Waals surface area contributed by atoms with E-state index in [0.717, 1.165) is 22.6 Å². The van der Waals surface area contributed by atoms with E-state index in [2.05, 4.69) is 6.07 Å². The molecule has 0 bridgehead atoms. The number of benzene rings is 2. The van der Waals surface area contributed by atoms with Gasteiger partial charge in [-0.25, -0.2) is 0 Å². The molecule has 0 saturated carbocycles. The number of hydrogen-bond donors (Lipinski definition) is 1. The Bertz CT molecular complexity index is 508. The molecule has 0 fully saturated rings. The molecular weight excluding hydrogens is 238 g/mol. The summed E-state index contributed by atoms with van der Waals surface area (Å²) < 4.78 is 11.1. The fourth-order valence-corrected chi connectivity index (χ4v) is 1.81. The van der Waals surface area contributed by atoms with E-state index < -0.39 is 0 Å². The first-order valence-electron chi connectivity index (χ1n) is 6.45. The molecule has 0 aliphatic carbocycles. The molecule has 0 unspecified atom stereocenters. The summed E-state index contributed by atoms with van der Waals surface area (Å²) >= 11 is 0. The Morgan fingerprint density at radius 2 is 1.53 bits per heavy atom. The van der Waals surface area contributed by atoms with Crippen molar-refractivity contribution in [2.24, 2.45) is 5.73 Å². The van der Waals surface area contributed by atoms with Crippen molar-refractivity contribution in [1.82, 2.24) is 0 Å². The molecule has 0 amide bonds. The summed E-state index contributed by atoms with van der Waals surface area (Å²) in [6.45, 7) is 3.74. The van der Waals surface area contributed by atoms with Crippen LogP contribution in [0.5, 0.6) is 11.5 Å². The van der Waals surface area contributed by atoms with Gasteiger partial charge >= 0.3 is 0 Å². The van der Waals surface area contributed by atoms with Crippen LogP contribution in [0.1, 0.15) is 18.1 Å². The second-order valence-corrected chi connectivity index (χ2v) is 4.22. The Balaban J connectivity index is 1.94. The van der Waals surface area contributed by atoms with Crippen molar-refractivity contribution < 1.29 is 9.47 Å². The number of nitrogens with two attached hydrogens (primary N) is 1. The van der Waals surface area contributed by atoms with E-state index >= 15 is 0 Å². The minimum atomic E-state index is 0.543. The zero-order valence-corrected chi connectivity index (χ0v) is 11.1. The summed E-state index contributed by atoms with van der Waals surface area (Å²) in [6, 6.07) is 15.8. The molecule has 0 saturated heterocycles. The van der Waals surface area contributed by atoms with Crippen LogP contribution in [-0.4, -0.2) is 6.61 Å². The van der Waals surface area contributed by atoms with Gasteiger partial charge in [-0.2, -0.15) is 0 Å². The second kappa shape index (κ2) is 6.81. The summed E-state index contributed by atoms with van der Waals surface area (Å²) in [6.07, 6.45) is 0. The zero-order chi connectivity index (χ0) is 13.5. The van der Waals surface area contributed by atoms with Crippen molar-refractivity contribution in [3.8, 4) is 11.5 Å². The highest BCUT2D eigenvalue weighted by Crippen LogP contribution is 2.18. The van der Waals surface area contributed by atoms with Gasteiger partial charge in [0.05, 0.1) is 6.61 Å². The molecule has 2 aromatic rings. The smallest absolute Gasteiger partial charge is 0.120 e. The third-order valence-electron chi connectivity index (χ3n) is 2.77. The number of ether oxygens (including phenoxy) is 2. The SMILES string of the molecule is CCOc1ccc(OCc2cccc(CN)c2)cc1. The lowest BCUT2D eigenvalue weighted by molar-refractivity contribution is 0.304. The predicted molar refractivity (Wildman–Crippen MR) is 76.3 cm³/mol. The highest BCUT2D eigenvalue weighted by Gasteiger charge is 1.98. The summed E-state index contributed by atoms with van der Waals surface area (Å²) in [7, 11) is 0. The van der Waals surface area contributed by atoms with Crippen LogP contribution in [0.15, 0.2) is 48.5 Å². The zero-order valence-electron chi connectivity index (χ0n) is 11.1. The van der Waals surface area contributed by atoms with Gasteiger partial charge in [0.2, 0.25) is 0 Å². The Hall–Kier alpha value is -2.00. The summed E-state index contributed by atoms with van der Waals surface area (Å²) in [5, 5.41) is 0. The molecule has 0 aliphatic heterocycles. The Kier molecular flexibility index (Phi) is 4.81. The van der Waals surface area contributed by atoms with E-state index in [0.29, 0.717) is 19.8 Å². The molecule has 0 heterocycles. The Morgan fingerprint density at radius 1 is 0.895 bits per heavy atom. The van der Waals surface area contributed by atoms with E-state index in [-0.39, 0.29) is 0 Å². The first-order valence-corrected chi connectivity index (χ1v) is 6.45. The second-order valence-electron chi connectivity index (χ2n) is 4.22. The standard InChI is InChI=1S/C16H19NO2/c1-2-18-15-6-8-16(9-7-15)19-12-14-5-3-4-13(10-14)11-17/h3-10H,2,11-12,17H2,1H3. The highest BCUT2D eigenvalue weighted by molar-refractivity contribution is 5.31. The van der Waals surface area contributed by atoms with Gasteiger partial charge in [-0.15, -0.1) is 0 Å². The van der Waals surface area contributed by atoms with E-state index in [1.165, 1.54) is 0 Å². The summed E-state index contributed by atoms with van der Waals surface area (Å²) in [5.41, 5.74) is 7.86. The number of hydrogen-bond acceptors (Lipinski definition) is 3. The molecular formula is C16H19NO2. The van der Waals surface area contributed by atoms with Crippen LogP contribution in [0.2, 0.25) is 0 Å². The van der Waals surface area contributed by atoms with Gasteiger partial charge in [0.1, 0.15) is 18.1 Å². The van der Waals surface area contributed by atoms with Crippen LogP contribution in [0.25, 0.3) is 0 Å². The molecule has 0 spiro atoms. The van der Waals surface area contributed by atoms with Crippen molar-refractivity contribution in [3.05, 3.63) is 59.7 Å². The third kappa shape index (κ3) is 4.00. The fraction of sp³-hybridized carbons (Fsp3) is 0.250. The lowest BCUT2D eigenvalue weighted by atomic mass is 10.1. The van der Waals surface area contributed by atoms with Crippen molar-refractivity contribution in [1.29, 1.82) is 0 Å². The third-order valence-corrected chi connectivity index (χ3v) is 2.77. The Morgan fingerprint density at radius 3 is 2.16 bits per heavy atom. The van der Waals surface area contributed by atoms with Crippen molar-refractivity contribution in [2.45, 2.75) is 20.1 Å². The highest BCUT2D eigenvalue weighted by atomic mass is 16.5. The van der Waals surface area contributed by atoms with Gasteiger partial charge in [-0.3, -0.25) is 0 Å². The first-order chi connectivity index (χ1) is 9.31. The van der Waals surface area contributed by atoms with Gasteiger partial charge in [-0.1, -0.05) is 24.3 Å². The van der Waals surface area contributed by atoms with E-state index in [9.17, 15) is 0 Å². The molecule has 0 aliphatic rings. The quantitative estimate of drug-likeness (QED) is 0.864. The minimum Gasteiger partial charge on any atom is -0.494 e. The monoisotopic (exact) mass is 257 g/mol. The fourth-order valence-electron chi connectivity index (χ4n) is 1.81. The lowest BCUT2D eigenvalue weighted by Crippen LogP contribution is -2.00. The maximum Gasteiger partial charge on any atom is 0.120 e. The van der Waals surface area contributed by atoms with Crippen molar-refractivity contribution in [2.75, 3.05) is 6.61 Å². The molecule has 3 heteroatoms. The van der Waals surface area contributed by atoms with Crippen LogP contribution in [-0.2, 0) is 13.2 Å². The van der Waals surface area contributed by atoms with Crippen molar-refractivity contribution in [3.63, 3.8) is 0 Å².